The van der Waals surface area contributed by atoms with E-state index in [4.69, 9.17) is 4.52 Å². The third-order valence-corrected chi connectivity index (χ3v) is 4.76. The fourth-order valence-electron chi connectivity index (χ4n) is 2.42. The van der Waals surface area contributed by atoms with Crippen LogP contribution in [0.5, 0.6) is 0 Å². The summed E-state index contributed by atoms with van der Waals surface area (Å²) >= 11 is 2.16. The highest BCUT2D eigenvalue weighted by molar-refractivity contribution is 14.1. The van der Waals surface area contributed by atoms with Crippen LogP contribution in [0.15, 0.2) is 47.0 Å². The predicted octanol–water partition coefficient (Wildman–Crippen LogP) is 5.03. The van der Waals surface area contributed by atoms with E-state index >= 15 is 0 Å². The van der Waals surface area contributed by atoms with Crippen molar-refractivity contribution < 1.29 is 9.32 Å². The summed E-state index contributed by atoms with van der Waals surface area (Å²) in [5, 5.41) is 7.02. The fourth-order valence-corrected chi connectivity index (χ4v) is 3.05. The Labute approximate surface area is 160 Å². The van der Waals surface area contributed by atoms with Crippen LogP contribution in [0.3, 0.4) is 0 Å². The molecule has 0 spiro atoms. The van der Waals surface area contributed by atoms with Gasteiger partial charge in [-0.1, -0.05) is 43.3 Å². The molecule has 0 saturated heterocycles. The summed E-state index contributed by atoms with van der Waals surface area (Å²) in [4.78, 5) is 17.2. The number of nitrogens with one attached hydrogen (secondary N) is 1. The summed E-state index contributed by atoms with van der Waals surface area (Å²) in [7, 11) is 0. The third kappa shape index (κ3) is 3.73. The van der Waals surface area contributed by atoms with Crippen LogP contribution in [0.2, 0.25) is 0 Å². The Morgan fingerprint density at radius 2 is 1.92 bits per heavy atom. The van der Waals surface area contributed by atoms with Crippen molar-refractivity contribution in [1.29, 1.82) is 0 Å². The van der Waals surface area contributed by atoms with Crippen molar-refractivity contribution in [2.24, 2.45) is 0 Å². The molecule has 0 unspecified atom stereocenters. The second kappa shape index (κ2) is 7.35. The van der Waals surface area contributed by atoms with Crippen LogP contribution in [-0.2, 0) is 0 Å². The molecular formula is C19H18IN3O2. The van der Waals surface area contributed by atoms with Gasteiger partial charge in [0.05, 0.1) is 16.8 Å². The lowest BCUT2D eigenvalue weighted by molar-refractivity contribution is 0.102. The first kappa shape index (κ1) is 17.6. The number of rotatable bonds is 4. The van der Waals surface area contributed by atoms with Crippen molar-refractivity contribution in [3.63, 3.8) is 0 Å². The number of carbonyl (C=O) groups is 1. The van der Waals surface area contributed by atoms with E-state index in [9.17, 15) is 4.79 Å². The van der Waals surface area contributed by atoms with Gasteiger partial charge in [-0.15, -0.1) is 0 Å². The lowest BCUT2D eigenvalue weighted by Gasteiger charge is -2.12. The van der Waals surface area contributed by atoms with E-state index in [1.807, 2.05) is 57.2 Å². The molecule has 5 nitrogen and oxygen atoms in total. The first-order chi connectivity index (χ1) is 12.0. The average molecular weight is 447 g/mol. The number of hydrogen-bond acceptors (Lipinski definition) is 4. The zero-order chi connectivity index (χ0) is 18.0. The number of anilines is 1. The van der Waals surface area contributed by atoms with Gasteiger partial charge in [0.25, 0.3) is 11.8 Å². The molecule has 6 heteroatoms. The summed E-state index contributed by atoms with van der Waals surface area (Å²) in [5.74, 6) is 1.06. The van der Waals surface area contributed by atoms with Crippen LogP contribution < -0.4 is 5.32 Å². The number of amides is 1. The lowest BCUT2D eigenvalue weighted by atomic mass is 10.1. The molecule has 1 N–H and O–H groups in total. The van der Waals surface area contributed by atoms with Crippen LogP contribution in [0.1, 0.15) is 41.5 Å². The first-order valence-corrected chi connectivity index (χ1v) is 9.04. The Morgan fingerprint density at radius 3 is 2.60 bits per heavy atom. The smallest absolute Gasteiger partial charge is 0.260 e. The fraction of sp³-hybridized carbons (Fsp3) is 0.211. The number of aromatic nitrogens is 2. The van der Waals surface area contributed by atoms with Gasteiger partial charge < -0.3 is 9.84 Å². The van der Waals surface area contributed by atoms with Gasteiger partial charge in [0, 0.05) is 9.49 Å². The van der Waals surface area contributed by atoms with Crippen molar-refractivity contribution in [3.8, 4) is 11.5 Å². The number of hydrogen-bond donors (Lipinski definition) is 1. The van der Waals surface area contributed by atoms with E-state index in [1.54, 1.807) is 6.07 Å². The third-order valence-electron chi connectivity index (χ3n) is 3.82. The molecule has 3 rings (SSSR count). The highest BCUT2D eigenvalue weighted by Crippen LogP contribution is 2.31. The van der Waals surface area contributed by atoms with Crippen LogP contribution >= 0.6 is 22.6 Å². The van der Waals surface area contributed by atoms with E-state index in [0.717, 1.165) is 14.7 Å². The van der Waals surface area contributed by atoms with Crippen molar-refractivity contribution in [3.05, 3.63) is 63.0 Å². The van der Waals surface area contributed by atoms with E-state index in [2.05, 4.69) is 38.0 Å². The maximum Gasteiger partial charge on any atom is 0.260 e. The molecule has 0 saturated carbocycles. The molecule has 2 aromatic carbocycles. The number of para-hydroxylation sites is 1. The molecule has 1 amide bonds. The van der Waals surface area contributed by atoms with Crippen molar-refractivity contribution in [2.75, 3.05) is 5.32 Å². The number of nitrogens with zero attached hydrogens (tertiary/aromatic N) is 2. The molecule has 0 atom stereocenters. The van der Waals surface area contributed by atoms with Crippen LogP contribution in [0.25, 0.3) is 11.5 Å². The Bertz CT molecular complexity index is 919. The molecular weight excluding hydrogens is 429 g/mol. The second-order valence-electron chi connectivity index (χ2n) is 6.04. The number of benzene rings is 2. The maximum atomic E-state index is 12.7. The van der Waals surface area contributed by atoms with Gasteiger partial charge in [-0.2, -0.15) is 4.98 Å². The van der Waals surface area contributed by atoms with Gasteiger partial charge in [0.15, 0.2) is 5.82 Å². The van der Waals surface area contributed by atoms with E-state index in [-0.39, 0.29) is 11.8 Å². The molecule has 0 aliphatic rings. The Morgan fingerprint density at radius 1 is 1.16 bits per heavy atom. The zero-order valence-corrected chi connectivity index (χ0v) is 16.4. The molecule has 0 fully saturated rings. The monoisotopic (exact) mass is 447 g/mol. The molecule has 3 aromatic rings. The van der Waals surface area contributed by atoms with Crippen molar-refractivity contribution in [2.45, 2.75) is 26.7 Å². The SMILES string of the molecule is Cc1cccc(-c2nc(C(C)C)no2)c1NC(=O)c1ccccc1I. The molecule has 1 aromatic heterocycles. The summed E-state index contributed by atoms with van der Waals surface area (Å²) in [5.41, 5.74) is 2.97. The van der Waals surface area contributed by atoms with Gasteiger partial charge in [0.1, 0.15) is 0 Å². The highest BCUT2D eigenvalue weighted by Gasteiger charge is 2.18. The van der Waals surface area contributed by atoms with Crippen LogP contribution in [0, 0.1) is 10.5 Å². The number of carbonyl (C=O) groups excluding carboxylic acids is 1. The average Bonchev–Trinajstić information content (AvgIpc) is 3.07. The van der Waals surface area contributed by atoms with E-state index in [0.29, 0.717) is 23.0 Å². The zero-order valence-electron chi connectivity index (χ0n) is 14.2. The minimum atomic E-state index is -0.163. The molecule has 25 heavy (non-hydrogen) atoms. The standard InChI is InChI=1S/C19H18IN3O2/c1-11(2)17-22-19(25-23-17)14-9-6-7-12(3)16(14)21-18(24)13-8-4-5-10-15(13)20/h4-11H,1-3H3,(H,21,24). The summed E-state index contributed by atoms with van der Waals surface area (Å²) in [6.45, 7) is 5.95. The quantitative estimate of drug-likeness (QED) is 0.570. The van der Waals surface area contributed by atoms with Crippen molar-refractivity contribution in [1.82, 2.24) is 10.1 Å². The molecule has 1 heterocycles. The lowest BCUT2D eigenvalue weighted by Crippen LogP contribution is -2.15. The Kier molecular flexibility index (Phi) is 5.17. The highest BCUT2D eigenvalue weighted by atomic mass is 127. The first-order valence-electron chi connectivity index (χ1n) is 7.97. The minimum absolute atomic E-state index is 0.163. The molecule has 128 valence electrons. The summed E-state index contributed by atoms with van der Waals surface area (Å²) in [6.07, 6.45) is 0. The van der Waals surface area contributed by atoms with Gasteiger partial charge in [-0.25, -0.2) is 0 Å². The van der Waals surface area contributed by atoms with Gasteiger partial charge in [-0.05, 0) is 53.3 Å². The van der Waals surface area contributed by atoms with E-state index < -0.39 is 0 Å². The summed E-state index contributed by atoms with van der Waals surface area (Å²) in [6, 6.07) is 13.2. The molecule has 0 bridgehead atoms. The molecule has 0 aliphatic heterocycles. The van der Waals surface area contributed by atoms with Crippen LogP contribution in [-0.4, -0.2) is 16.0 Å². The van der Waals surface area contributed by atoms with E-state index in [1.165, 1.54) is 0 Å². The van der Waals surface area contributed by atoms with Gasteiger partial charge >= 0.3 is 0 Å². The topological polar surface area (TPSA) is 68.0 Å². The molecule has 0 radical (unpaired) electrons. The number of aryl methyl sites for hydroxylation is 1. The number of halogens is 1. The van der Waals surface area contributed by atoms with Gasteiger partial charge in [0.2, 0.25) is 0 Å². The minimum Gasteiger partial charge on any atom is -0.334 e. The molecule has 0 aliphatic carbocycles. The summed E-state index contributed by atoms with van der Waals surface area (Å²) < 4.78 is 6.30. The Hall–Kier alpha value is -2.22. The second-order valence-corrected chi connectivity index (χ2v) is 7.21. The normalized spacial score (nSPS) is 10.9. The predicted molar refractivity (Wildman–Crippen MR) is 106 cm³/mol. The van der Waals surface area contributed by atoms with Gasteiger partial charge in [-0.3, -0.25) is 4.79 Å². The Balaban J connectivity index is 1.99. The largest absolute Gasteiger partial charge is 0.334 e. The maximum absolute atomic E-state index is 12.7. The van der Waals surface area contributed by atoms with Crippen molar-refractivity contribution >= 4 is 34.2 Å². The van der Waals surface area contributed by atoms with Crippen LogP contribution in [0.4, 0.5) is 5.69 Å².